The second kappa shape index (κ2) is 10.0. The lowest BCUT2D eigenvalue weighted by atomic mass is 9.94. The topological polar surface area (TPSA) is 253 Å². The van der Waals surface area contributed by atoms with E-state index in [1.165, 1.54) is 13.1 Å². The van der Waals surface area contributed by atoms with Gasteiger partial charge in [-0.25, -0.2) is 33.0 Å². The van der Waals surface area contributed by atoms with Crippen LogP contribution in [0.2, 0.25) is 0 Å². The molecular formula is C14H18FN4O13P3. The molecule has 0 spiro atoms. The molecule has 1 aliphatic heterocycles. The third-order valence-electron chi connectivity index (χ3n) is 4.13. The molecular weight excluding hydrogens is 544 g/mol. The molecule has 1 saturated heterocycles. The third kappa shape index (κ3) is 6.56. The average Bonchev–Trinajstić information content (AvgIpc) is 3.21. The number of fused-ring (bicyclic) bond motifs is 1. The van der Waals surface area contributed by atoms with E-state index in [-0.39, 0.29) is 17.0 Å². The Kier molecular flexibility index (Phi) is 7.14. The summed E-state index contributed by atoms with van der Waals surface area (Å²) in [5, 5.41) is 21.8. The highest BCUT2D eigenvalue weighted by Gasteiger charge is 2.57. The minimum Gasteiger partial charge on any atom is -0.386 e. The summed E-state index contributed by atoms with van der Waals surface area (Å²) in [5.41, 5.74) is -2.65. The number of ether oxygens (including phenoxy) is 1. The predicted octanol–water partition coefficient (Wildman–Crippen LogP) is -0.560. The normalized spacial score (nSPS) is 29.5. The highest BCUT2D eigenvalue weighted by Crippen LogP contribution is 2.66. The van der Waals surface area contributed by atoms with Crippen molar-refractivity contribution in [2.75, 3.05) is 13.2 Å². The highest BCUT2D eigenvalue weighted by molar-refractivity contribution is 7.66. The van der Waals surface area contributed by atoms with Crippen LogP contribution in [0.4, 0.5) is 4.39 Å². The lowest BCUT2D eigenvalue weighted by Crippen LogP contribution is -2.46. The van der Waals surface area contributed by atoms with Gasteiger partial charge >= 0.3 is 23.5 Å². The van der Waals surface area contributed by atoms with Gasteiger partial charge in [-0.3, -0.25) is 9.09 Å². The zero-order chi connectivity index (χ0) is 28.0. The van der Waals surface area contributed by atoms with Gasteiger partial charge in [0.2, 0.25) is 0 Å². The number of phosphoric acid groups is 3. The number of nitrogens with zero attached hydrogens (tertiary/aromatic N) is 4. The van der Waals surface area contributed by atoms with Crippen molar-refractivity contribution < 1.29 is 68.5 Å². The number of imidazole rings is 1. The van der Waals surface area contributed by atoms with Crippen LogP contribution >= 0.6 is 23.5 Å². The fraction of sp³-hybridized carbons (Fsp3) is 0.500. The summed E-state index contributed by atoms with van der Waals surface area (Å²) in [4.78, 5) is 48.1. The van der Waals surface area contributed by atoms with Crippen molar-refractivity contribution in [2.24, 2.45) is 0 Å². The van der Waals surface area contributed by atoms with Crippen LogP contribution in [-0.2, 0) is 31.6 Å². The van der Waals surface area contributed by atoms with Crippen LogP contribution in [0.1, 0.15) is 14.8 Å². The van der Waals surface area contributed by atoms with E-state index in [1.807, 2.05) is 11.8 Å². The quantitative estimate of drug-likeness (QED) is 0.174. The van der Waals surface area contributed by atoms with Crippen molar-refractivity contribution >= 4 is 34.6 Å². The zero-order valence-electron chi connectivity index (χ0n) is 19.1. The molecule has 3 heterocycles. The van der Waals surface area contributed by atoms with E-state index < -0.39 is 60.7 Å². The number of hydrogen-bond donors (Lipinski definition) is 6. The molecule has 35 heavy (non-hydrogen) atoms. The molecule has 6 atom stereocenters. The van der Waals surface area contributed by atoms with Gasteiger partial charge in [0.1, 0.15) is 30.2 Å². The molecule has 21 heteroatoms. The number of aryl methyl sites for hydroxylation is 1. The number of aliphatic hydroxyl groups is 2. The number of rotatable bonds is 8. The van der Waals surface area contributed by atoms with Crippen LogP contribution in [0.5, 0.6) is 0 Å². The second-order valence-electron chi connectivity index (χ2n) is 6.69. The van der Waals surface area contributed by atoms with Gasteiger partial charge in [-0.1, -0.05) is 11.8 Å². The summed E-state index contributed by atoms with van der Waals surface area (Å²) in [5.74, 6) is 4.08. The smallest absolute Gasteiger partial charge is 0.386 e. The SMILES string of the molecule is [2H]C([2H])(OP(=O)(O)OP(=O)(O)OP(=O)(O)O)[C@H]1O[C@@H](n2cnc3cnc(C)nc32)C(O)(C#CCF)[C@H]1O. The largest absolute Gasteiger partial charge is 0.490 e. The number of halogens is 1. The van der Waals surface area contributed by atoms with E-state index in [4.69, 9.17) is 17.3 Å². The number of aliphatic hydroxyl groups excluding tert-OH is 1. The Bertz CT molecular complexity index is 1400. The van der Waals surface area contributed by atoms with Gasteiger partial charge in [-0.2, -0.15) is 8.62 Å². The van der Waals surface area contributed by atoms with Gasteiger partial charge < -0.3 is 34.5 Å². The minimum absolute atomic E-state index is 0.000675. The van der Waals surface area contributed by atoms with Crippen molar-refractivity contribution in [3.63, 3.8) is 0 Å². The Balaban J connectivity index is 1.97. The van der Waals surface area contributed by atoms with Crippen molar-refractivity contribution in [3.8, 4) is 11.8 Å². The fourth-order valence-corrected chi connectivity index (χ4v) is 5.75. The van der Waals surface area contributed by atoms with Crippen LogP contribution in [0.15, 0.2) is 12.5 Å². The molecule has 6 N–H and O–H groups in total. The summed E-state index contributed by atoms with van der Waals surface area (Å²) in [7, 11) is -17.8. The number of aromatic nitrogens is 4. The summed E-state index contributed by atoms with van der Waals surface area (Å²) in [6.45, 7) is -3.47. The molecule has 0 aliphatic carbocycles. The summed E-state index contributed by atoms with van der Waals surface area (Å²) >= 11 is 0. The maximum absolute atomic E-state index is 12.8. The first kappa shape index (κ1) is 25.0. The number of alkyl halides is 1. The first-order valence-electron chi connectivity index (χ1n) is 9.93. The summed E-state index contributed by atoms with van der Waals surface area (Å²) in [6, 6.07) is 0. The van der Waals surface area contributed by atoms with Crippen molar-refractivity contribution in [2.45, 2.75) is 31.0 Å². The number of hydrogen-bond acceptors (Lipinski definition) is 12. The minimum atomic E-state index is -6.05. The Morgan fingerprint density at radius 3 is 2.57 bits per heavy atom. The van der Waals surface area contributed by atoms with E-state index in [9.17, 15) is 38.1 Å². The molecule has 2 aromatic heterocycles. The monoisotopic (exact) mass is 564 g/mol. The summed E-state index contributed by atoms with van der Waals surface area (Å²) in [6.07, 6.45) is -4.43. The van der Waals surface area contributed by atoms with Gasteiger partial charge in [0, 0.05) is 0 Å². The van der Waals surface area contributed by atoms with Gasteiger partial charge in [-0.15, -0.1) is 0 Å². The van der Waals surface area contributed by atoms with Gasteiger partial charge in [0.05, 0.1) is 21.8 Å². The van der Waals surface area contributed by atoms with Crippen molar-refractivity contribution in [1.82, 2.24) is 19.5 Å². The molecule has 0 amide bonds. The van der Waals surface area contributed by atoms with Gasteiger partial charge in [0.15, 0.2) is 17.5 Å². The lowest BCUT2D eigenvalue weighted by Gasteiger charge is -2.26. The van der Waals surface area contributed by atoms with Crippen LogP contribution < -0.4 is 0 Å². The van der Waals surface area contributed by atoms with E-state index >= 15 is 0 Å². The summed E-state index contributed by atoms with van der Waals surface area (Å²) < 4.78 is 80.7. The van der Waals surface area contributed by atoms with Crippen LogP contribution in [0.3, 0.4) is 0 Å². The molecule has 0 bridgehead atoms. The molecule has 2 aromatic rings. The first-order valence-corrected chi connectivity index (χ1v) is 13.4. The highest BCUT2D eigenvalue weighted by atomic mass is 31.3. The molecule has 194 valence electrons. The van der Waals surface area contributed by atoms with Crippen molar-refractivity contribution in [3.05, 3.63) is 18.3 Å². The molecule has 0 aromatic carbocycles. The van der Waals surface area contributed by atoms with Crippen LogP contribution in [0.25, 0.3) is 11.2 Å². The maximum atomic E-state index is 12.8. The Labute approximate surface area is 197 Å². The molecule has 0 radical (unpaired) electrons. The zero-order valence-corrected chi connectivity index (χ0v) is 19.8. The van der Waals surface area contributed by atoms with E-state index in [0.717, 1.165) is 10.9 Å². The third-order valence-corrected chi connectivity index (χ3v) is 7.80. The molecule has 3 unspecified atom stereocenters. The number of phosphoric ester groups is 1. The van der Waals surface area contributed by atoms with Crippen LogP contribution in [-0.4, -0.2) is 80.3 Å². The van der Waals surface area contributed by atoms with Gasteiger partial charge in [0.25, 0.3) is 0 Å². The molecule has 3 rings (SSSR count). The fourth-order valence-electron chi connectivity index (χ4n) is 2.87. The van der Waals surface area contributed by atoms with Crippen molar-refractivity contribution in [1.29, 1.82) is 0 Å². The second-order valence-corrected chi connectivity index (χ2v) is 11.0. The Hall–Kier alpha value is -1.67. The first-order chi connectivity index (χ1) is 16.8. The van der Waals surface area contributed by atoms with E-state index in [2.05, 4.69) is 28.1 Å². The van der Waals surface area contributed by atoms with E-state index in [0.29, 0.717) is 0 Å². The molecule has 0 saturated carbocycles. The van der Waals surface area contributed by atoms with Gasteiger partial charge in [-0.05, 0) is 6.92 Å². The molecule has 1 aliphatic rings. The lowest BCUT2D eigenvalue weighted by molar-refractivity contribution is -0.0719. The maximum Gasteiger partial charge on any atom is 0.490 e. The van der Waals surface area contributed by atoms with Crippen LogP contribution in [0, 0.1) is 18.8 Å². The Morgan fingerprint density at radius 1 is 1.26 bits per heavy atom. The standard InChI is InChI=1S/C14H18FN4O13P3/c1-8-16-5-9-12(18-8)19(7-17-9)13-14(21,3-2-4-15)11(20)10(30-13)6-29-34(25,26)32-35(27,28)31-33(22,23)24/h5,7,10-11,13,20-21H,4,6H2,1H3,(H,25,26)(H,27,28)(H2,22,23,24)/t10-,11+,13-,14?/m1/s1/i6D2. The van der Waals surface area contributed by atoms with E-state index in [1.54, 1.807) is 0 Å². The molecule has 17 nitrogen and oxygen atoms in total. The average molecular weight is 564 g/mol. The Morgan fingerprint density at radius 2 is 1.94 bits per heavy atom. The molecule has 1 fully saturated rings. The predicted molar refractivity (Wildman–Crippen MR) is 108 cm³/mol.